The molecule has 6 heteroatoms. The van der Waals surface area contributed by atoms with Crippen molar-refractivity contribution in [1.29, 1.82) is 0 Å². The Labute approximate surface area is 117 Å². The second-order valence-electron chi connectivity index (χ2n) is 4.29. The maximum Gasteiger partial charge on any atom is 0.241 e. The molecule has 102 valence electrons. The summed E-state index contributed by atoms with van der Waals surface area (Å²) in [4.78, 5) is 0.164. The summed E-state index contributed by atoms with van der Waals surface area (Å²) in [5.41, 5.74) is 0.571. The first-order valence-corrected chi connectivity index (χ1v) is 8.07. The van der Waals surface area contributed by atoms with Crippen LogP contribution in [-0.4, -0.2) is 20.1 Å². The number of aliphatic hydroxyl groups is 1. The molecule has 18 heavy (non-hydrogen) atoms. The summed E-state index contributed by atoms with van der Waals surface area (Å²) in [5, 5.41) is 9.04. The molecule has 0 amide bonds. The smallest absolute Gasteiger partial charge is 0.241 e. The molecule has 0 fully saturated rings. The zero-order valence-electron chi connectivity index (χ0n) is 10.5. The van der Waals surface area contributed by atoms with E-state index in [1.54, 1.807) is 12.1 Å². The first kappa shape index (κ1) is 15.6. The zero-order chi connectivity index (χ0) is 13.8. The van der Waals surface area contributed by atoms with Gasteiger partial charge in [-0.25, -0.2) is 13.1 Å². The van der Waals surface area contributed by atoms with Crippen molar-refractivity contribution < 1.29 is 13.5 Å². The Morgan fingerprint density at radius 3 is 2.67 bits per heavy atom. The molecule has 1 unspecified atom stereocenters. The molecule has 0 aliphatic carbocycles. The number of hydrogen-bond donors (Lipinski definition) is 2. The highest BCUT2D eigenvalue weighted by Crippen LogP contribution is 2.23. The minimum Gasteiger partial charge on any atom is -0.392 e. The van der Waals surface area contributed by atoms with Crippen molar-refractivity contribution >= 4 is 26.0 Å². The molecule has 0 aliphatic heterocycles. The van der Waals surface area contributed by atoms with Crippen LogP contribution in [0.5, 0.6) is 0 Å². The van der Waals surface area contributed by atoms with Crippen LogP contribution in [-0.2, 0) is 16.6 Å². The average Bonchev–Trinajstić information content (AvgIpc) is 2.36. The number of benzene rings is 1. The predicted octanol–water partition coefficient (Wildman–Crippen LogP) is 2.27. The van der Waals surface area contributed by atoms with Crippen LogP contribution in [0.2, 0.25) is 0 Å². The Kier molecular flexibility index (Phi) is 5.78. The molecule has 0 saturated carbocycles. The third-order valence-electron chi connectivity index (χ3n) is 2.79. The molecule has 0 bridgehead atoms. The van der Waals surface area contributed by atoms with E-state index in [-0.39, 0.29) is 11.5 Å². The van der Waals surface area contributed by atoms with Crippen LogP contribution in [0.4, 0.5) is 0 Å². The van der Waals surface area contributed by atoms with Crippen LogP contribution in [0.1, 0.15) is 25.8 Å². The minimum atomic E-state index is -3.54. The standard InChI is InChI=1S/C12H18BrNO3S/c1-3-9(2)7-14-18(16,17)12-6-10(8-15)4-5-11(12)13/h4-6,9,14-15H,3,7-8H2,1-2H3. The number of sulfonamides is 1. The van der Waals surface area contributed by atoms with Crippen molar-refractivity contribution in [2.75, 3.05) is 6.54 Å². The van der Waals surface area contributed by atoms with E-state index in [2.05, 4.69) is 20.7 Å². The molecule has 2 N–H and O–H groups in total. The van der Waals surface area contributed by atoms with Gasteiger partial charge in [0.1, 0.15) is 0 Å². The van der Waals surface area contributed by atoms with Gasteiger partial charge in [0.05, 0.1) is 11.5 Å². The van der Waals surface area contributed by atoms with Crippen molar-refractivity contribution in [2.45, 2.75) is 31.8 Å². The van der Waals surface area contributed by atoms with E-state index in [4.69, 9.17) is 5.11 Å². The van der Waals surface area contributed by atoms with Gasteiger partial charge in [-0.1, -0.05) is 26.3 Å². The largest absolute Gasteiger partial charge is 0.392 e. The molecule has 0 radical (unpaired) electrons. The highest BCUT2D eigenvalue weighted by Gasteiger charge is 2.18. The summed E-state index contributed by atoms with van der Waals surface area (Å²) in [6.45, 7) is 4.23. The topological polar surface area (TPSA) is 66.4 Å². The van der Waals surface area contributed by atoms with E-state index in [0.29, 0.717) is 22.5 Å². The fourth-order valence-corrected chi connectivity index (χ4v) is 3.50. The van der Waals surface area contributed by atoms with Crippen LogP contribution in [0.15, 0.2) is 27.6 Å². The molecule has 4 nitrogen and oxygen atoms in total. The number of nitrogens with one attached hydrogen (secondary N) is 1. The molecule has 0 aromatic heterocycles. The fourth-order valence-electron chi connectivity index (χ4n) is 1.33. The number of halogens is 1. The molecule has 0 saturated heterocycles. The van der Waals surface area contributed by atoms with Gasteiger partial charge in [-0.2, -0.15) is 0 Å². The number of aliphatic hydroxyl groups excluding tert-OH is 1. The summed E-state index contributed by atoms with van der Waals surface area (Å²) in [6.07, 6.45) is 0.917. The molecule has 1 atom stereocenters. The van der Waals surface area contributed by atoms with E-state index in [1.807, 2.05) is 13.8 Å². The second-order valence-corrected chi connectivity index (χ2v) is 6.88. The van der Waals surface area contributed by atoms with Crippen molar-refractivity contribution in [3.63, 3.8) is 0 Å². The van der Waals surface area contributed by atoms with Crippen LogP contribution >= 0.6 is 15.9 Å². The quantitative estimate of drug-likeness (QED) is 0.837. The second kappa shape index (κ2) is 6.65. The van der Waals surface area contributed by atoms with E-state index < -0.39 is 10.0 Å². The molecule has 1 rings (SSSR count). The first-order valence-electron chi connectivity index (χ1n) is 5.79. The minimum absolute atomic E-state index is 0.164. The molecule has 0 aliphatic rings. The lowest BCUT2D eigenvalue weighted by atomic mass is 10.1. The lowest BCUT2D eigenvalue weighted by molar-refractivity contribution is 0.281. The van der Waals surface area contributed by atoms with Crippen molar-refractivity contribution in [3.8, 4) is 0 Å². The zero-order valence-corrected chi connectivity index (χ0v) is 12.9. The number of hydrogen-bond acceptors (Lipinski definition) is 3. The third kappa shape index (κ3) is 4.05. The molecular formula is C12H18BrNO3S. The van der Waals surface area contributed by atoms with Crippen molar-refractivity contribution in [2.24, 2.45) is 5.92 Å². The Bertz CT molecular complexity index is 502. The van der Waals surface area contributed by atoms with Gasteiger partial charge in [0.25, 0.3) is 0 Å². The summed E-state index contributed by atoms with van der Waals surface area (Å²) >= 11 is 3.22. The van der Waals surface area contributed by atoms with Gasteiger partial charge in [-0.05, 0) is 39.5 Å². The van der Waals surface area contributed by atoms with Gasteiger partial charge in [0.15, 0.2) is 0 Å². The van der Waals surface area contributed by atoms with Crippen molar-refractivity contribution in [3.05, 3.63) is 28.2 Å². The summed E-state index contributed by atoms with van der Waals surface area (Å²) in [7, 11) is -3.54. The van der Waals surface area contributed by atoms with Crippen LogP contribution in [0.25, 0.3) is 0 Å². The monoisotopic (exact) mass is 335 g/mol. The third-order valence-corrected chi connectivity index (χ3v) is 5.20. The van der Waals surface area contributed by atoms with Gasteiger partial charge in [-0.15, -0.1) is 0 Å². The summed E-state index contributed by atoms with van der Waals surface area (Å²) < 4.78 is 27.3. The Morgan fingerprint density at radius 2 is 2.11 bits per heavy atom. The van der Waals surface area contributed by atoms with Gasteiger partial charge in [0.2, 0.25) is 10.0 Å². The lowest BCUT2D eigenvalue weighted by Crippen LogP contribution is -2.28. The normalized spacial score (nSPS) is 13.6. The average molecular weight is 336 g/mol. The first-order chi connectivity index (χ1) is 8.40. The van der Waals surface area contributed by atoms with Crippen LogP contribution in [0.3, 0.4) is 0 Å². The molecular weight excluding hydrogens is 318 g/mol. The SMILES string of the molecule is CCC(C)CNS(=O)(=O)c1cc(CO)ccc1Br. The van der Waals surface area contributed by atoms with Crippen molar-refractivity contribution in [1.82, 2.24) is 4.72 Å². The molecule has 0 heterocycles. The van der Waals surface area contributed by atoms with E-state index in [9.17, 15) is 8.42 Å². The maximum absolute atomic E-state index is 12.1. The fraction of sp³-hybridized carbons (Fsp3) is 0.500. The van der Waals surface area contributed by atoms with E-state index >= 15 is 0 Å². The summed E-state index contributed by atoms with van der Waals surface area (Å²) in [6, 6.07) is 4.78. The van der Waals surface area contributed by atoms with Gasteiger partial charge in [-0.3, -0.25) is 0 Å². The number of rotatable bonds is 6. The van der Waals surface area contributed by atoms with Gasteiger partial charge < -0.3 is 5.11 Å². The predicted molar refractivity (Wildman–Crippen MR) is 74.7 cm³/mol. The highest BCUT2D eigenvalue weighted by molar-refractivity contribution is 9.10. The lowest BCUT2D eigenvalue weighted by Gasteiger charge is -2.12. The van der Waals surface area contributed by atoms with Crippen LogP contribution < -0.4 is 4.72 Å². The van der Waals surface area contributed by atoms with E-state index in [1.165, 1.54) is 6.07 Å². The Hall–Kier alpha value is -0.430. The molecule has 1 aromatic rings. The Morgan fingerprint density at radius 1 is 1.44 bits per heavy atom. The Balaban J connectivity index is 2.97. The van der Waals surface area contributed by atoms with E-state index in [0.717, 1.165) is 6.42 Å². The molecule has 1 aromatic carbocycles. The molecule has 0 spiro atoms. The maximum atomic E-state index is 12.1. The summed E-state index contributed by atoms with van der Waals surface area (Å²) in [5.74, 6) is 0.291. The highest BCUT2D eigenvalue weighted by atomic mass is 79.9. The van der Waals surface area contributed by atoms with Gasteiger partial charge >= 0.3 is 0 Å². The van der Waals surface area contributed by atoms with Gasteiger partial charge in [0, 0.05) is 11.0 Å². The van der Waals surface area contributed by atoms with Crippen LogP contribution in [0, 0.1) is 5.92 Å².